The second-order valence-corrected chi connectivity index (χ2v) is 8.01. The zero-order valence-electron chi connectivity index (χ0n) is 13.6. The van der Waals surface area contributed by atoms with Gasteiger partial charge in [0.15, 0.2) is 0 Å². The predicted molar refractivity (Wildman–Crippen MR) is 100 cm³/mol. The van der Waals surface area contributed by atoms with Crippen LogP contribution in [0.1, 0.15) is 46.6 Å². The zero-order valence-corrected chi connectivity index (χ0v) is 16.0. The fourth-order valence-corrected chi connectivity index (χ4v) is 4.11. The van der Waals surface area contributed by atoms with E-state index < -0.39 is 0 Å². The van der Waals surface area contributed by atoms with Crippen molar-refractivity contribution in [3.63, 3.8) is 0 Å². The number of aryl methyl sites for hydroxylation is 1. The summed E-state index contributed by atoms with van der Waals surface area (Å²) in [6, 6.07) is 9.59. The molecule has 2 aromatic rings. The van der Waals surface area contributed by atoms with E-state index in [1.807, 2.05) is 44.2 Å². The van der Waals surface area contributed by atoms with E-state index >= 15 is 0 Å². The Balaban J connectivity index is 1.69. The van der Waals surface area contributed by atoms with Crippen LogP contribution in [0, 0.1) is 12.8 Å². The highest BCUT2D eigenvalue weighted by Gasteiger charge is 2.30. The number of carbonyl (C=O) groups excluding carboxylic acids is 2. The molecule has 2 amide bonds. The third-order valence-electron chi connectivity index (χ3n) is 4.04. The van der Waals surface area contributed by atoms with Gasteiger partial charge in [0.25, 0.3) is 5.91 Å². The quantitative estimate of drug-likeness (QED) is 0.758. The molecule has 0 saturated heterocycles. The molecule has 1 aliphatic carbocycles. The van der Waals surface area contributed by atoms with Crippen LogP contribution in [0.3, 0.4) is 0 Å². The molecule has 2 N–H and O–H groups in total. The Labute approximate surface area is 153 Å². The fraction of sp³-hybridized carbons (Fsp3) is 0.333. The van der Waals surface area contributed by atoms with E-state index in [-0.39, 0.29) is 23.8 Å². The smallest absolute Gasteiger partial charge is 0.262 e. The minimum Gasteiger partial charge on any atom is -0.345 e. The third kappa shape index (κ3) is 3.87. The molecule has 6 heteroatoms. The molecule has 1 unspecified atom stereocenters. The molecule has 0 radical (unpaired) electrons. The fourth-order valence-electron chi connectivity index (χ4n) is 2.50. The van der Waals surface area contributed by atoms with Gasteiger partial charge >= 0.3 is 0 Å². The highest BCUT2D eigenvalue weighted by atomic mass is 79.9. The van der Waals surface area contributed by atoms with Crippen LogP contribution >= 0.6 is 27.3 Å². The molecular formula is C18H19BrN2O2S. The van der Waals surface area contributed by atoms with Crippen molar-refractivity contribution in [2.24, 2.45) is 5.92 Å². The van der Waals surface area contributed by atoms with E-state index in [1.54, 1.807) is 0 Å². The van der Waals surface area contributed by atoms with Crippen molar-refractivity contribution >= 4 is 44.1 Å². The maximum Gasteiger partial charge on any atom is 0.262 e. The first-order valence-corrected chi connectivity index (χ1v) is 9.53. The molecule has 0 spiro atoms. The number of hydrogen-bond donors (Lipinski definition) is 2. The van der Waals surface area contributed by atoms with Crippen molar-refractivity contribution < 1.29 is 9.59 Å². The maximum atomic E-state index is 12.6. The van der Waals surface area contributed by atoms with Crippen molar-refractivity contribution in [1.29, 1.82) is 0 Å². The van der Waals surface area contributed by atoms with E-state index in [0.29, 0.717) is 4.88 Å². The Hall–Kier alpha value is -1.66. The summed E-state index contributed by atoms with van der Waals surface area (Å²) in [6.45, 7) is 3.85. The minimum absolute atomic E-state index is 0.0600. The molecule has 1 aromatic heterocycles. The lowest BCUT2D eigenvalue weighted by molar-refractivity contribution is -0.117. The van der Waals surface area contributed by atoms with Crippen LogP contribution in [0.2, 0.25) is 0 Å². The van der Waals surface area contributed by atoms with Gasteiger partial charge in [-0.1, -0.05) is 34.1 Å². The molecule has 1 atom stereocenters. The lowest BCUT2D eigenvalue weighted by Gasteiger charge is -2.15. The summed E-state index contributed by atoms with van der Waals surface area (Å²) in [4.78, 5) is 25.1. The Morgan fingerprint density at radius 3 is 2.67 bits per heavy atom. The van der Waals surface area contributed by atoms with Gasteiger partial charge in [-0.15, -0.1) is 11.3 Å². The second-order valence-electron chi connectivity index (χ2n) is 6.10. The Morgan fingerprint density at radius 1 is 1.29 bits per heavy atom. The standard InChI is InChI=1S/C18H19BrN2O2S/c1-10-9-15(21-17(22)12-7-8-12)24-16(10)18(23)20-11(2)13-5-3-4-6-14(13)19/h3-6,9,11-12H,7-8H2,1-2H3,(H,20,23)(H,21,22). The summed E-state index contributed by atoms with van der Waals surface area (Å²) in [5.74, 6) is 0.0950. The van der Waals surface area contributed by atoms with Crippen LogP contribution in [-0.4, -0.2) is 11.8 Å². The molecule has 1 heterocycles. The first kappa shape index (κ1) is 17.2. The molecule has 24 heavy (non-hydrogen) atoms. The summed E-state index contributed by atoms with van der Waals surface area (Å²) in [6.07, 6.45) is 1.93. The normalized spacial score (nSPS) is 15.0. The minimum atomic E-state index is -0.118. The molecule has 0 aliphatic heterocycles. The Bertz CT molecular complexity index is 783. The first-order valence-electron chi connectivity index (χ1n) is 7.92. The Kier molecular flexibility index (Phi) is 5.06. The maximum absolute atomic E-state index is 12.6. The molecule has 4 nitrogen and oxygen atoms in total. The SMILES string of the molecule is Cc1cc(NC(=O)C2CC2)sc1C(=O)NC(C)c1ccccc1Br. The van der Waals surface area contributed by atoms with Crippen LogP contribution < -0.4 is 10.6 Å². The number of amides is 2. The van der Waals surface area contributed by atoms with Crippen LogP contribution in [0.25, 0.3) is 0 Å². The van der Waals surface area contributed by atoms with Crippen LogP contribution in [0.4, 0.5) is 5.00 Å². The molecule has 1 aliphatic rings. The summed E-state index contributed by atoms with van der Waals surface area (Å²) >= 11 is 4.84. The Morgan fingerprint density at radius 2 is 2.00 bits per heavy atom. The number of thiophene rings is 1. The van der Waals surface area contributed by atoms with Crippen LogP contribution in [0.5, 0.6) is 0 Å². The van der Waals surface area contributed by atoms with Crippen molar-refractivity contribution in [1.82, 2.24) is 5.32 Å². The van der Waals surface area contributed by atoms with E-state index in [2.05, 4.69) is 26.6 Å². The summed E-state index contributed by atoms with van der Waals surface area (Å²) in [5.41, 5.74) is 1.91. The zero-order chi connectivity index (χ0) is 17.3. The van der Waals surface area contributed by atoms with E-state index in [1.165, 1.54) is 11.3 Å². The number of anilines is 1. The van der Waals surface area contributed by atoms with Crippen molar-refractivity contribution in [3.05, 3.63) is 50.8 Å². The summed E-state index contributed by atoms with van der Waals surface area (Å²) < 4.78 is 0.970. The van der Waals surface area contributed by atoms with E-state index in [0.717, 1.165) is 33.4 Å². The number of halogens is 1. The van der Waals surface area contributed by atoms with Gasteiger partial charge in [0.05, 0.1) is 15.9 Å². The third-order valence-corrected chi connectivity index (χ3v) is 5.91. The van der Waals surface area contributed by atoms with Crippen LogP contribution in [0.15, 0.2) is 34.8 Å². The summed E-state index contributed by atoms with van der Waals surface area (Å²) in [5, 5.41) is 6.67. The molecular weight excluding hydrogens is 388 g/mol. The molecule has 1 aromatic carbocycles. The molecule has 1 fully saturated rings. The number of nitrogens with one attached hydrogen (secondary N) is 2. The average molecular weight is 407 g/mol. The van der Waals surface area contributed by atoms with Gasteiger partial charge in [-0.25, -0.2) is 0 Å². The number of benzene rings is 1. The molecule has 126 valence electrons. The van der Waals surface area contributed by atoms with E-state index in [4.69, 9.17) is 0 Å². The topological polar surface area (TPSA) is 58.2 Å². The van der Waals surface area contributed by atoms with Gasteiger partial charge in [0.1, 0.15) is 0 Å². The lowest BCUT2D eigenvalue weighted by atomic mass is 10.1. The predicted octanol–water partition coefficient (Wildman–Crippen LogP) is 4.66. The van der Waals surface area contributed by atoms with Gasteiger partial charge in [-0.2, -0.15) is 0 Å². The second kappa shape index (κ2) is 7.07. The first-order chi connectivity index (χ1) is 11.5. The highest BCUT2D eigenvalue weighted by Crippen LogP contribution is 2.33. The number of carbonyl (C=O) groups is 2. The van der Waals surface area contributed by atoms with Crippen LogP contribution in [-0.2, 0) is 4.79 Å². The van der Waals surface area contributed by atoms with Gasteiger partial charge in [0, 0.05) is 10.4 Å². The number of hydrogen-bond acceptors (Lipinski definition) is 3. The van der Waals surface area contributed by atoms with Gasteiger partial charge in [-0.05, 0) is 49.9 Å². The molecule has 3 rings (SSSR count). The van der Waals surface area contributed by atoms with Gasteiger partial charge in [-0.3, -0.25) is 9.59 Å². The monoisotopic (exact) mass is 406 g/mol. The summed E-state index contributed by atoms with van der Waals surface area (Å²) in [7, 11) is 0. The van der Waals surface area contributed by atoms with Crippen molar-refractivity contribution in [2.75, 3.05) is 5.32 Å². The largest absolute Gasteiger partial charge is 0.345 e. The number of rotatable bonds is 5. The highest BCUT2D eigenvalue weighted by molar-refractivity contribution is 9.10. The molecule has 0 bridgehead atoms. The van der Waals surface area contributed by atoms with Gasteiger partial charge in [0.2, 0.25) is 5.91 Å². The van der Waals surface area contributed by atoms with E-state index in [9.17, 15) is 9.59 Å². The average Bonchev–Trinajstić information content (AvgIpc) is 3.32. The molecule has 1 saturated carbocycles. The van der Waals surface area contributed by atoms with Crippen molar-refractivity contribution in [3.8, 4) is 0 Å². The lowest BCUT2D eigenvalue weighted by Crippen LogP contribution is -2.26. The van der Waals surface area contributed by atoms with Gasteiger partial charge < -0.3 is 10.6 Å². The van der Waals surface area contributed by atoms with Crippen molar-refractivity contribution in [2.45, 2.75) is 32.7 Å².